The van der Waals surface area contributed by atoms with Gasteiger partial charge >= 0.3 is 11.9 Å². The zero-order chi connectivity index (χ0) is 23.6. The summed E-state index contributed by atoms with van der Waals surface area (Å²) < 4.78 is 22.3. The van der Waals surface area contributed by atoms with Crippen LogP contribution in [0.25, 0.3) is 0 Å². The van der Waals surface area contributed by atoms with Crippen molar-refractivity contribution in [3.05, 3.63) is 58.7 Å². The van der Waals surface area contributed by atoms with Crippen LogP contribution in [0.15, 0.2) is 36.4 Å². The molecular weight excluding hydrogens is 424 g/mol. The van der Waals surface area contributed by atoms with E-state index < -0.39 is 17.7 Å². The van der Waals surface area contributed by atoms with E-state index in [1.165, 1.54) is 6.07 Å². The zero-order valence-corrected chi connectivity index (χ0v) is 19.1. The topological polar surface area (TPSA) is 88.1 Å². The van der Waals surface area contributed by atoms with Gasteiger partial charge in [0.15, 0.2) is 11.6 Å². The number of ether oxygens (including phenoxy) is 4. The Kier molecular flexibility index (Phi) is 6.63. The third kappa shape index (κ3) is 5.31. The van der Waals surface area contributed by atoms with Crippen LogP contribution < -0.4 is 9.47 Å². The average molecular weight is 453 g/mol. The van der Waals surface area contributed by atoms with Crippen LogP contribution in [0.4, 0.5) is 0 Å². The average Bonchev–Trinajstić information content (AvgIpc) is 3.07. The zero-order valence-electron chi connectivity index (χ0n) is 19.1. The molecule has 1 heterocycles. The molecule has 0 amide bonds. The van der Waals surface area contributed by atoms with Crippen molar-refractivity contribution in [3.8, 4) is 11.5 Å². The summed E-state index contributed by atoms with van der Waals surface area (Å²) in [5.41, 5.74) is 2.57. The quantitative estimate of drug-likeness (QED) is 0.480. The van der Waals surface area contributed by atoms with Gasteiger partial charge in [-0.1, -0.05) is 31.2 Å². The number of hydrogen-bond donors (Lipinski definition) is 0. The van der Waals surface area contributed by atoms with Crippen molar-refractivity contribution in [3.63, 3.8) is 0 Å². The van der Waals surface area contributed by atoms with E-state index in [1.807, 2.05) is 32.0 Å². The van der Waals surface area contributed by atoms with Crippen molar-refractivity contribution in [2.45, 2.75) is 64.8 Å². The highest BCUT2D eigenvalue weighted by Gasteiger charge is 2.33. The minimum Gasteiger partial charge on any atom is -0.426 e. The molecule has 1 fully saturated rings. The molecule has 0 saturated carbocycles. The van der Waals surface area contributed by atoms with Crippen LogP contribution in [0.5, 0.6) is 11.5 Å². The third-order valence-corrected chi connectivity index (χ3v) is 5.79. The number of hydrogen-bond acceptors (Lipinski definition) is 7. The smallest absolute Gasteiger partial charge is 0.311 e. The summed E-state index contributed by atoms with van der Waals surface area (Å²) in [6.07, 6.45) is 1.82. The highest BCUT2D eigenvalue weighted by molar-refractivity contribution is 6.13. The van der Waals surface area contributed by atoms with Crippen molar-refractivity contribution in [1.29, 1.82) is 0 Å². The van der Waals surface area contributed by atoms with Gasteiger partial charge in [-0.25, -0.2) is 0 Å². The SMILES string of the molecule is CCC(=O)Oc1cc(OC(=O)CCC2COC(C)(C)O2)cc2c1C(=O)c1ccccc1CC2. The molecule has 0 N–H and O–H groups in total. The van der Waals surface area contributed by atoms with Crippen LogP contribution in [0.3, 0.4) is 0 Å². The molecule has 7 heteroatoms. The fourth-order valence-electron chi connectivity index (χ4n) is 4.16. The molecule has 0 aromatic heterocycles. The minimum atomic E-state index is -0.645. The highest BCUT2D eigenvalue weighted by Crippen LogP contribution is 2.35. The van der Waals surface area contributed by atoms with Gasteiger partial charge in [0, 0.05) is 24.5 Å². The number of rotatable bonds is 6. The molecule has 4 rings (SSSR count). The third-order valence-electron chi connectivity index (χ3n) is 5.79. The lowest BCUT2D eigenvalue weighted by atomic mass is 9.97. The Morgan fingerprint density at radius 3 is 2.55 bits per heavy atom. The van der Waals surface area contributed by atoms with Crippen LogP contribution in [-0.2, 0) is 31.9 Å². The first-order valence-corrected chi connectivity index (χ1v) is 11.3. The van der Waals surface area contributed by atoms with Crippen LogP contribution >= 0.6 is 0 Å². The number of esters is 2. The molecule has 33 heavy (non-hydrogen) atoms. The Morgan fingerprint density at radius 1 is 1.06 bits per heavy atom. The number of carbonyl (C=O) groups is 3. The monoisotopic (exact) mass is 452 g/mol. The number of ketones is 1. The second-order valence-corrected chi connectivity index (χ2v) is 8.73. The van der Waals surface area contributed by atoms with Gasteiger partial charge < -0.3 is 18.9 Å². The predicted octanol–water partition coefficient (Wildman–Crippen LogP) is 4.17. The predicted molar refractivity (Wildman–Crippen MR) is 119 cm³/mol. The normalized spacial score (nSPS) is 18.8. The van der Waals surface area contributed by atoms with E-state index >= 15 is 0 Å². The first-order chi connectivity index (χ1) is 15.8. The first kappa shape index (κ1) is 23.1. The molecule has 1 atom stereocenters. The maximum absolute atomic E-state index is 13.3. The largest absolute Gasteiger partial charge is 0.426 e. The Morgan fingerprint density at radius 2 is 1.82 bits per heavy atom. The van der Waals surface area contributed by atoms with Gasteiger partial charge in [0.05, 0.1) is 18.3 Å². The molecule has 174 valence electrons. The second kappa shape index (κ2) is 9.45. The molecule has 1 unspecified atom stereocenters. The summed E-state index contributed by atoms with van der Waals surface area (Å²) in [5.74, 6) is -1.37. The van der Waals surface area contributed by atoms with Crippen LogP contribution in [0.1, 0.15) is 67.1 Å². The maximum Gasteiger partial charge on any atom is 0.311 e. The Labute approximate surface area is 193 Å². The number of benzene rings is 2. The molecule has 0 bridgehead atoms. The van der Waals surface area contributed by atoms with Crippen molar-refractivity contribution in [2.24, 2.45) is 0 Å². The van der Waals surface area contributed by atoms with Gasteiger partial charge in [0.1, 0.15) is 11.5 Å². The van der Waals surface area contributed by atoms with Gasteiger partial charge in [0.2, 0.25) is 0 Å². The van der Waals surface area contributed by atoms with Gasteiger partial charge in [-0.15, -0.1) is 0 Å². The van der Waals surface area contributed by atoms with E-state index in [0.29, 0.717) is 42.6 Å². The van der Waals surface area contributed by atoms with Crippen molar-refractivity contribution in [1.82, 2.24) is 0 Å². The fourth-order valence-corrected chi connectivity index (χ4v) is 4.16. The molecule has 2 aromatic carbocycles. The van der Waals surface area contributed by atoms with E-state index in [9.17, 15) is 14.4 Å². The Bertz CT molecular complexity index is 1090. The summed E-state index contributed by atoms with van der Waals surface area (Å²) in [6, 6.07) is 10.6. The minimum absolute atomic E-state index is 0.123. The van der Waals surface area contributed by atoms with Crippen LogP contribution in [0.2, 0.25) is 0 Å². The lowest BCUT2D eigenvalue weighted by Gasteiger charge is -2.17. The molecule has 1 aliphatic heterocycles. The number of aryl methyl sites for hydroxylation is 2. The summed E-state index contributed by atoms with van der Waals surface area (Å²) in [4.78, 5) is 37.9. The highest BCUT2D eigenvalue weighted by atomic mass is 16.7. The standard InChI is InChI=1S/C26H28O7/c1-4-22(27)32-21-14-19(31-23(28)12-11-18-15-30-26(2,3)33-18)13-17-10-9-16-7-5-6-8-20(16)25(29)24(17)21/h5-8,13-14,18H,4,9-12,15H2,1-3H3. The Balaban J connectivity index is 1.56. The lowest BCUT2D eigenvalue weighted by molar-refractivity contribution is -0.143. The molecule has 7 nitrogen and oxygen atoms in total. The van der Waals surface area contributed by atoms with E-state index in [4.69, 9.17) is 18.9 Å². The van der Waals surface area contributed by atoms with Crippen molar-refractivity contribution >= 4 is 17.7 Å². The van der Waals surface area contributed by atoms with E-state index in [1.54, 1.807) is 19.1 Å². The molecule has 1 aliphatic carbocycles. The van der Waals surface area contributed by atoms with Gasteiger partial charge in [-0.2, -0.15) is 0 Å². The molecular formula is C26H28O7. The second-order valence-electron chi connectivity index (χ2n) is 8.73. The van der Waals surface area contributed by atoms with Crippen molar-refractivity contribution < 1.29 is 33.3 Å². The molecule has 0 radical (unpaired) electrons. The first-order valence-electron chi connectivity index (χ1n) is 11.3. The molecule has 2 aliphatic rings. The summed E-state index contributed by atoms with van der Waals surface area (Å²) in [7, 11) is 0. The summed E-state index contributed by atoms with van der Waals surface area (Å²) in [5, 5.41) is 0. The number of carbonyl (C=O) groups excluding carboxylic acids is 3. The van der Waals surface area contributed by atoms with Gasteiger partial charge in [0.25, 0.3) is 0 Å². The van der Waals surface area contributed by atoms with E-state index in [0.717, 1.165) is 5.56 Å². The molecule has 1 saturated heterocycles. The molecule has 0 spiro atoms. The summed E-state index contributed by atoms with van der Waals surface area (Å²) >= 11 is 0. The van der Waals surface area contributed by atoms with Gasteiger partial charge in [-0.3, -0.25) is 14.4 Å². The lowest BCUT2D eigenvalue weighted by Crippen LogP contribution is -2.22. The summed E-state index contributed by atoms with van der Waals surface area (Å²) in [6.45, 7) is 5.77. The van der Waals surface area contributed by atoms with Crippen LogP contribution in [-0.4, -0.2) is 36.2 Å². The fraction of sp³-hybridized carbons (Fsp3) is 0.423. The molecule has 2 aromatic rings. The Hall–Kier alpha value is -3.03. The van der Waals surface area contributed by atoms with Crippen molar-refractivity contribution in [2.75, 3.05) is 6.61 Å². The van der Waals surface area contributed by atoms with Crippen LogP contribution in [0, 0.1) is 0 Å². The van der Waals surface area contributed by atoms with E-state index in [2.05, 4.69) is 0 Å². The van der Waals surface area contributed by atoms with Gasteiger partial charge in [-0.05, 0) is 50.3 Å². The van der Waals surface area contributed by atoms with E-state index in [-0.39, 0.29) is 36.2 Å². The maximum atomic E-state index is 13.3. The number of fused-ring (bicyclic) bond motifs is 2.